The van der Waals surface area contributed by atoms with Crippen molar-refractivity contribution < 1.29 is 59.9 Å². The van der Waals surface area contributed by atoms with Crippen LogP contribution in [0, 0.1) is 10.8 Å². The monoisotopic (exact) mass is 518 g/mol. The van der Waals surface area contributed by atoms with E-state index in [0.29, 0.717) is 0 Å². The van der Waals surface area contributed by atoms with E-state index in [4.69, 9.17) is 25.5 Å². The van der Waals surface area contributed by atoms with E-state index in [9.17, 15) is 4.79 Å². The maximum Gasteiger partial charge on any atom is 1.00 e. The molecule has 198 valence electrons. The molecule has 0 saturated carbocycles. The van der Waals surface area contributed by atoms with Gasteiger partial charge in [0.25, 0.3) is 0 Å². The van der Waals surface area contributed by atoms with Gasteiger partial charge < -0.3 is 15.1 Å². The number of halogens is 1. The maximum atomic E-state index is 11.1. The van der Waals surface area contributed by atoms with Crippen LogP contribution in [0.25, 0.3) is 0 Å². The van der Waals surface area contributed by atoms with Crippen LogP contribution < -0.4 is 40.3 Å². The number of carbonyl (C=O) groups is 2. The van der Waals surface area contributed by atoms with Crippen molar-refractivity contribution in [3.63, 3.8) is 0 Å². The number of hydrogen-bond donors (Lipinski definition) is 4. The predicted octanol–water partition coefficient (Wildman–Crippen LogP) is 2.49. The Bertz CT molecular complexity index is 607. The first-order chi connectivity index (χ1) is 14.4. The van der Waals surface area contributed by atoms with Crippen LogP contribution in [0.15, 0.2) is 28.5 Å². The minimum Gasteiger partial charge on any atom is -0.550 e. The van der Waals surface area contributed by atoms with Crippen LogP contribution in [0.2, 0.25) is 0 Å². The van der Waals surface area contributed by atoms with Crippen LogP contribution in [-0.2, 0) is 9.59 Å². The number of nitrogens with zero attached hydrogens (tertiary/aromatic N) is 1. The predicted molar refractivity (Wildman–Crippen MR) is 135 cm³/mol. The normalized spacial score (nSPS) is 10.1. The van der Waals surface area contributed by atoms with Crippen LogP contribution in [-0.4, -0.2) is 33.1 Å². The molecule has 10 heteroatoms. The van der Waals surface area contributed by atoms with E-state index in [1.807, 2.05) is 20.8 Å². The first-order valence-electron chi connectivity index (χ1n) is 10.6. The van der Waals surface area contributed by atoms with Gasteiger partial charge in [-0.1, -0.05) is 61.8 Å². The molecule has 0 aromatic heterocycles. The number of allylic oxidation sites excluding steroid dienone is 4. The molecule has 0 aliphatic rings. The van der Waals surface area contributed by atoms with Gasteiger partial charge in [0, 0.05) is 16.8 Å². The van der Waals surface area contributed by atoms with E-state index < -0.39 is 5.97 Å². The number of Topliss-reactive ketones (excluding diaryl/α,β-unsaturated/α-hetero) is 1. The summed E-state index contributed by atoms with van der Waals surface area (Å²) in [7, 11) is 0. The first-order valence-corrected chi connectivity index (χ1v) is 10.6. The van der Waals surface area contributed by atoms with Gasteiger partial charge in [-0.2, -0.15) is 0 Å². The summed E-state index contributed by atoms with van der Waals surface area (Å²) in [6.45, 7) is 21.1. The molecule has 0 spiro atoms. The zero-order chi connectivity index (χ0) is 26.5. The van der Waals surface area contributed by atoms with Gasteiger partial charge in [0.1, 0.15) is 5.78 Å². The summed E-state index contributed by atoms with van der Waals surface area (Å²) in [5, 5.41) is 34.5. The Morgan fingerprint density at radius 1 is 0.824 bits per heavy atom. The van der Waals surface area contributed by atoms with E-state index >= 15 is 0 Å². The Kier molecular flexibility index (Phi) is 36.8. The molecule has 0 aliphatic heterocycles. The number of rotatable bonds is 8. The van der Waals surface area contributed by atoms with Crippen molar-refractivity contribution >= 4 is 29.9 Å². The van der Waals surface area contributed by atoms with Gasteiger partial charge in [0.2, 0.25) is 0 Å². The van der Waals surface area contributed by atoms with Crippen molar-refractivity contribution in [1.29, 1.82) is 0 Å². The SMILES string of the molecule is CC(=O)C(C)(C)CCC=C(C)C.CC(=O)[O-].CC(C)=CCCC(C)(C)/C(C)=N/O.Cl.ONO.[Na+]. The molecule has 0 rings (SSSR count). The van der Waals surface area contributed by atoms with Crippen molar-refractivity contribution in [3.8, 4) is 0 Å². The molecule has 0 aliphatic carbocycles. The van der Waals surface area contributed by atoms with Gasteiger partial charge >= 0.3 is 29.6 Å². The molecule has 0 amide bonds. The number of carbonyl (C=O) groups excluding carboxylic acids is 2. The molecule has 34 heavy (non-hydrogen) atoms. The number of ketones is 1. The van der Waals surface area contributed by atoms with Crippen molar-refractivity contribution in [1.82, 2.24) is 5.64 Å². The summed E-state index contributed by atoms with van der Waals surface area (Å²) >= 11 is 0. The van der Waals surface area contributed by atoms with Crippen molar-refractivity contribution in [2.24, 2.45) is 16.0 Å². The third-order valence-corrected chi connectivity index (χ3v) is 4.73. The van der Waals surface area contributed by atoms with Crippen LogP contribution in [0.3, 0.4) is 0 Å². The van der Waals surface area contributed by atoms with Crippen molar-refractivity contribution in [2.75, 3.05) is 0 Å². The molecular formula is C24H48ClN2NaO6. The third-order valence-electron chi connectivity index (χ3n) is 4.73. The molecular weight excluding hydrogens is 471 g/mol. The summed E-state index contributed by atoms with van der Waals surface area (Å²) < 4.78 is 0. The Balaban J connectivity index is -0.0000000865. The number of nitrogens with one attached hydrogen (secondary N) is 1. The molecule has 0 fully saturated rings. The fourth-order valence-corrected chi connectivity index (χ4v) is 1.94. The maximum absolute atomic E-state index is 11.1. The zero-order valence-corrected chi connectivity index (χ0v) is 26.2. The molecule has 0 bridgehead atoms. The smallest absolute Gasteiger partial charge is 0.550 e. The topological polar surface area (TPSA) is 142 Å². The van der Waals surface area contributed by atoms with Crippen LogP contribution in [0.1, 0.15) is 102 Å². The van der Waals surface area contributed by atoms with E-state index in [0.717, 1.165) is 44.0 Å². The first kappa shape index (κ1) is 46.6. The number of hydrogen-bond acceptors (Lipinski definition) is 8. The van der Waals surface area contributed by atoms with E-state index in [1.54, 1.807) is 6.92 Å². The van der Waals surface area contributed by atoms with E-state index in [-0.39, 0.29) is 58.6 Å². The average molecular weight is 519 g/mol. The van der Waals surface area contributed by atoms with Crippen molar-refractivity contribution in [3.05, 3.63) is 23.3 Å². The van der Waals surface area contributed by atoms with Gasteiger partial charge in [-0.15, -0.1) is 12.4 Å². The largest absolute Gasteiger partial charge is 1.00 e. The number of aliphatic carboxylic acids is 1. The van der Waals surface area contributed by atoms with Gasteiger partial charge in [-0.25, -0.2) is 0 Å². The third kappa shape index (κ3) is 38.5. The standard InChI is InChI=1S/C11H21NO.C11H20O.C2H4O2.ClH.H3NO2.Na/c1-9(2)7-6-8-11(4,5)10(3)12-13;1-9(2)7-6-8-11(4,5)10(3)12;1-2(3)4;;2-1-3;/h7,13H,6,8H2,1-5H3;7H,6,8H2,1-5H3;1H3,(H,3,4);1H;1-3H;/q;;;;;+1/p-1/b12-10+;;;;;. The summed E-state index contributed by atoms with van der Waals surface area (Å²) in [6, 6.07) is 0. The number of carboxylic acid groups (broad SMARTS) is 1. The summed E-state index contributed by atoms with van der Waals surface area (Å²) in [5.41, 5.74) is 4.07. The molecule has 0 heterocycles. The van der Waals surface area contributed by atoms with Gasteiger partial charge in [-0.05, 0) is 74.1 Å². The van der Waals surface area contributed by atoms with Crippen LogP contribution >= 0.6 is 12.4 Å². The van der Waals surface area contributed by atoms with Gasteiger partial charge in [0.15, 0.2) is 0 Å². The molecule has 0 radical (unpaired) electrons. The van der Waals surface area contributed by atoms with Gasteiger partial charge in [-0.3, -0.25) is 15.2 Å². The van der Waals surface area contributed by atoms with E-state index in [2.05, 4.69) is 58.9 Å². The summed E-state index contributed by atoms with van der Waals surface area (Å²) in [4.78, 5) is 20.0. The fourth-order valence-electron chi connectivity index (χ4n) is 1.94. The summed E-state index contributed by atoms with van der Waals surface area (Å²) in [5.74, 6) is -0.801. The second-order valence-electron chi connectivity index (χ2n) is 9.24. The van der Waals surface area contributed by atoms with Gasteiger partial charge in [0.05, 0.1) is 5.71 Å². The van der Waals surface area contributed by atoms with Crippen LogP contribution in [0.4, 0.5) is 0 Å². The zero-order valence-electron chi connectivity index (χ0n) is 23.4. The second kappa shape index (κ2) is 26.9. The second-order valence-corrected chi connectivity index (χ2v) is 9.24. The average Bonchev–Trinajstić information content (AvgIpc) is 2.60. The summed E-state index contributed by atoms with van der Waals surface area (Å²) in [6.07, 6.45) is 8.43. The van der Waals surface area contributed by atoms with E-state index in [1.165, 1.54) is 11.1 Å². The fraction of sp³-hybridized carbons (Fsp3) is 0.708. The molecule has 0 saturated heterocycles. The Hall–Kier alpha value is -0.740. The Morgan fingerprint density at radius 3 is 1.29 bits per heavy atom. The van der Waals surface area contributed by atoms with Crippen LogP contribution in [0.5, 0.6) is 0 Å². The number of carboxylic acids is 1. The molecule has 8 nitrogen and oxygen atoms in total. The molecule has 0 aromatic rings. The molecule has 0 atom stereocenters. The molecule has 0 unspecified atom stereocenters. The quantitative estimate of drug-likeness (QED) is 0.127. The molecule has 0 aromatic carbocycles. The molecule has 4 N–H and O–H groups in total. The minimum absolute atomic E-state index is 0. The Morgan fingerprint density at radius 2 is 1.09 bits per heavy atom. The van der Waals surface area contributed by atoms with Crippen molar-refractivity contribution in [2.45, 2.75) is 102 Å². The Labute approximate surface area is 235 Å². The number of oxime groups is 1. The minimum atomic E-state index is -1.08.